The third-order valence-electron chi connectivity index (χ3n) is 7.46. The molecule has 2 atom stereocenters. The molecule has 0 unspecified atom stereocenters. The number of nitrogens with zero attached hydrogens (tertiary/aromatic N) is 4. The number of halogens is 2. The van der Waals surface area contributed by atoms with Gasteiger partial charge in [0, 0.05) is 30.7 Å². The first kappa shape index (κ1) is 18.7. The van der Waals surface area contributed by atoms with Crippen molar-refractivity contribution in [1.29, 1.82) is 0 Å². The number of aromatic nitrogens is 5. The highest BCUT2D eigenvalue weighted by Crippen LogP contribution is 2.46. The Hall–Kier alpha value is -3.03. The maximum absolute atomic E-state index is 14.2. The normalized spacial score (nSPS) is 25.5. The van der Waals surface area contributed by atoms with Crippen LogP contribution < -0.4 is 5.32 Å². The van der Waals surface area contributed by atoms with Gasteiger partial charge in [-0.1, -0.05) is 6.92 Å². The Morgan fingerprint density at radius 2 is 1.84 bits per heavy atom. The van der Waals surface area contributed by atoms with E-state index in [4.69, 9.17) is 9.97 Å². The summed E-state index contributed by atoms with van der Waals surface area (Å²) in [5.74, 6) is 1.77. The summed E-state index contributed by atoms with van der Waals surface area (Å²) >= 11 is 0. The summed E-state index contributed by atoms with van der Waals surface area (Å²) in [6, 6.07) is 4.48. The average Bonchev–Trinajstić information content (AvgIpc) is 3.35. The summed E-state index contributed by atoms with van der Waals surface area (Å²) < 4.78 is 30.0. The van der Waals surface area contributed by atoms with E-state index in [9.17, 15) is 8.78 Å². The molecule has 31 heavy (non-hydrogen) atoms. The molecular weight excluding hydrogens is 398 g/mol. The van der Waals surface area contributed by atoms with E-state index >= 15 is 0 Å². The second-order valence-corrected chi connectivity index (χ2v) is 9.15. The lowest BCUT2D eigenvalue weighted by atomic mass is 9.62. The van der Waals surface area contributed by atoms with Gasteiger partial charge < -0.3 is 9.88 Å². The Morgan fingerprint density at radius 3 is 2.61 bits per heavy atom. The van der Waals surface area contributed by atoms with Crippen molar-refractivity contribution >= 4 is 27.8 Å². The van der Waals surface area contributed by atoms with Gasteiger partial charge in [-0.25, -0.2) is 18.7 Å². The molecule has 3 aromatic heterocycles. The van der Waals surface area contributed by atoms with Crippen LogP contribution in [0.15, 0.2) is 24.4 Å². The molecule has 2 bridgehead atoms. The highest BCUT2D eigenvalue weighted by Gasteiger charge is 2.41. The van der Waals surface area contributed by atoms with E-state index in [0.717, 1.165) is 28.8 Å². The fourth-order valence-corrected chi connectivity index (χ4v) is 5.73. The fourth-order valence-electron chi connectivity index (χ4n) is 5.73. The Bertz CT molecular complexity index is 1300. The first-order valence-corrected chi connectivity index (χ1v) is 10.9. The third-order valence-corrected chi connectivity index (χ3v) is 7.46. The van der Waals surface area contributed by atoms with Gasteiger partial charge in [0.25, 0.3) is 0 Å². The summed E-state index contributed by atoms with van der Waals surface area (Å²) in [5.41, 5.74) is 1.26. The molecule has 0 amide bonds. The van der Waals surface area contributed by atoms with Crippen LogP contribution in [0.4, 0.5) is 14.6 Å². The molecule has 0 radical (unpaired) electrons. The minimum Gasteiger partial charge on any atom is -0.366 e. The molecule has 0 aliphatic heterocycles. The van der Waals surface area contributed by atoms with Gasteiger partial charge in [-0.15, -0.1) is 0 Å². The van der Waals surface area contributed by atoms with Gasteiger partial charge in [-0.3, -0.25) is 5.10 Å². The Morgan fingerprint density at radius 1 is 1.06 bits per heavy atom. The fraction of sp³-hybridized carbons (Fsp3) is 0.435. The summed E-state index contributed by atoms with van der Waals surface area (Å²) in [6.07, 6.45) is 7.10. The van der Waals surface area contributed by atoms with Gasteiger partial charge >= 0.3 is 0 Å². The van der Waals surface area contributed by atoms with Crippen molar-refractivity contribution in [1.82, 2.24) is 24.7 Å². The van der Waals surface area contributed by atoms with Crippen molar-refractivity contribution in [3.05, 3.63) is 36.0 Å². The largest absolute Gasteiger partial charge is 0.366 e. The molecule has 160 valence electrons. The van der Waals surface area contributed by atoms with Gasteiger partial charge in [0.15, 0.2) is 11.6 Å². The van der Waals surface area contributed by atoms with E-state index in [1.807, 2.05) is 23.9 Å². The number of H-pyrrole nitrogens is 1. The molecule has 8 heteroatoms. The number of rotatable bonds is 3. The highest BCUT2D eigenvalue weighted by atomic mass is 19.1. The average molecular weight is 422 g/mol. The van der Waals surface area contributed by atoms with Crippen LogP contribution in [0.3, 0.4) is 0 Å². The second kappa shape index (κ2) is 6.73. The molecule has 7 rings (SSSR count). The van der Waals surface area contributed by atoms with Crippen LogP contribution in [0.5, 0.6) is 0 Å². The van der Waals surface area contributed by atoms with Crippen LogP contribution in [0.25, 0.3) is 33.5 Å². The molecule has 0 saturated heterocycles. The van der Waals surface area contributed by atoms with Crippen LogP contribution in [0.1, 0.15) is 32.6 Å². The van der Waals surface area contributed by atoms with Gasteiger partial charge in [0.2, 0.25) is 0 Å². The topological polar surface area (TPSA) is 71.4 Å². The zero-order chi connectivity index (χ0) is 21.3. The van der Waals surface area contributed by atoms with E-state index in [0.29, 0.717) is 34.8 Å². The zero-order valence-electron chi connectivity index (χ0n) is 17.5. The maximum atomic E-state index is 14.2. The van der Waals surface area contributed by atoms with Crippen molar-refractivity contribution in [3.63, 3.8) is 0 Å². The van der Waals surface area contributed by atoms with Crippen LogP contribution >= 0.6 is 0 Å². The minimum atomic E-state index is -0.706. The van der Waals surface area contributed by atoms with E-state index in [1.54, 1.807) is 0 Å². The molecule has 3 aliphatic carbocycles. The van der Waals surface area contributed by atoms with Gasteiger partial charge in [-0.05, 0) is 55.6 Å². The predicted molar refractivity (Wildman–Crippen MR) is 116 cm³/mol. The van der Waals surface area contributed by atoms with E-state index in [2.05, 4.69) is 22.4 Å². The van der Waals surface area contributed by atoms with Gasteiger partial charge in [-0.2, -0.15) is 5.10 Å². The molecule has 2 N–H and O–H groups in total. The summed E-state index contributed by atoms with van der Waals surface area (Å²) in [4.78, 5) is 9.53. The standard InChI is InChI=1S/C23H24F2N6/c1-11-12-3-5-13(6-4-12)18(11)26-21-15-7-8-31(2)23(15)28-22(27-21)20-16-9-14(24)10-17(25)19(16)29-30-20/h7-13,18H,3-6H2,1-2H3,(H,29,30)(H,26,27,28)/t11-,12?,13?,18+/m0/s1. The summed E-state index contributed by atoms with van der Waals surface area (Å²) in [6.45, 7) is 2.34. The number of aryl methyl sites for hydroxylation is 1. The lowest BCUT2D eigenvalue weighted by Crippen LogP contribution is -2.47. The van der Waals surface area contributed by atoms with E-state index in [-0.39, 0.29) is 5.52 Å². The number of anilines is 1. The molecule has 4 aromatic rings. The van der Waals surface area contributed by atoms with Gasteiger partial charge in [0.05, 0.1) is 5.39 Å². The Balaban J connectivity index is 1.49. The number of hydrogen-bond donors (Lipinski definition) is 2. The number of fused-ring (bicyclic) bond motifs is 5. The van der Waals surface area contributed by atoms with Crippen molar-refractivity contribution in [2.45, 2.75) is 38.6 Å². The molecule has 0 spiro atoms. The summed E-state index contributed by atoms with van der Waals surface area (Å²) in [5, 5.41) is 11.9. The molecule has 3 saturated carbocycles. The lowest BCUT2D eigenvalue weighted by molar-refractivity contribution is 0.0929. The first-order valence-electron chi connectivity index (χ1n) is 10.9. The Labute approximate surface area is 178 Å². The number of benzene rings is 1. The van der Waals surface area contributed by atoms with Crippen molar-refractivity contribution in [3.8, 4) is 11.5 Å². The molecule has 3 fully saturated rings. The number of hydrogen-bond acceptors (Lipinski definition) is 4. The maximum Gasteiger partial charge on any atom is 0.182 e. The van der Waals surface area contributed by atoms with Crippen LogP contribution in [-0.2, 0) is 7.05 Å². The predicted octanol–water partition coefficient (Wildman–Crippen LogP) is 5.03. The van der Waals surface area contributed by atoms with Crippen LogP contribution in [0, 0.1) is 29.4 Å². The monoisotopic (exact) mass is 422 g/mol. The zero-order valence-corrected chi connectivity index (χ0v) is 17.5. The highest BCUT2D eigenvalue weighted by molar-refractivity contribution is 5.94. The molecular formula is C23H24F2N6. The lowest BCUT2D eigenvalue weighted by Gasteiger charge is -2.47. The number of aromatic amines is 1. The van der Waals surface area contributed by atoms with Crippen molar-refractivity contribution in [2.24, 2.45) is 24.8 Å². The van der Waals surface area contributed by atoms with Crippen LogP contribution in [-0.4, -0.2) is 30.8 Å². The quantitative estimate of drug-likeness (QED) is 0.486. The second-order valence-electron chi connectivity index (χ2n) is 9.15. The van der Waals surface area contributed by atoms with Crippen molar-refractivity contribution < 1.29 is 8.78 Å². The minimum absolute atomic E-state index is 0.0831. The molecule has 1 aromatic carbocycles. The van der Waals surface area contributed by atoms with Crippen molar-refractivity contribution in [2.75, 3.05) is 5.32 Å². The molecule has 3 aliphatic rings. The molecule has 6 nitrogen and oxygen atoms in total. The Kier molecular flexibility index (Phi) is 4.07. The third kappa shape index (κ3) is 2.84. The summed E-state index contributed by atoms with van der Waals surface area (Å²) in [7, 11) is 1.93. The van der Waals surface area contributed by atoms with Crippen LogP contribution in [0.2, 0.25) is 0 Å². The number of nitrogens with one attached hydrogen (secondary N) is 2. The van der Waals surface area contributed by atoms with Gasteiger partial charge in [0.1, 0.15) is 28.5 Å². The smallest absolute Gasteiger partial charge is 0.182 e. The van der Waals surface area contributed by atoms with E-state index in [1.165, 1.54) is 31.7 Å². The first-order chi connectivity index (χ1) is 15.0. The SMILES string of the molecule is C[C@H]1C2CCC(CC2)[C@@H]1Nc1nc(-c2[nH]nc3c(F)cc(F)cc23)nc2c1ccn2C. The van der Waals surface area contributed by atoms with E-state index < -0.39 is 11.6 Å². The molecule has 3 heterocycles.